The summed E-state index contributed by atoms with van der Waals surface area (Å²) in [4.78, 5) is 25.5. The summed E-state index contributed by atoms with van der Waals surface area (Å²) in [6.45, 7) is 4.88. The van der Waals surface area contributed by atoms with Gasteiger partial charge in [-0.2, -0.15) is 5.10 Å². The second-order valence-corrected chi connectivity index (χ2v) is 12.0. The highest BCUT2D eigenvalue weighted by Crippen LogP contribution is 2.42. The maximum absolute atomic E-state index is 13.2. The average Bonchev–Trinajstić information content (AvgIpc) is 3.68. The number of amides is 1. The van der Waals surface area contributed by atoms with Crippen LogP contribution >= 0.6 is 0 Å². The van der Waals surface area contributed by atoms with Gasteiger partial charge in [0.2, 0.25) is 5.91 Å². The predicted octanol–water partition coefficient (Wildman–Crippen LogP) is 2.12. The number of nitrogens with one attached hydrogen (secondary N) is 2. The Morgan fingerprint density at radius 2 is 2.06 bits per heavy atom. The maximum Gasteiger partial charge on any atom is 0.249 e. The van der Waals surface area contributed by atoms with Crippen LogP contribution in [0.2, 0.25) is 0 Å². The number of aliphatic imine (C=N–C) groups is 1. The van der Waals surface area contributed by atoms with Gasteiger partial charge in [-0.05, 0) is 57.9 Å². The Balaban J connectivity index is 1.50. The highest BCUT2D eigenvalue weighted by Gasteiger charge is 2.52. The summed E-state index contributed by atoms with van der Waals surface area (Å²) in [6.07, 6.45) is 13.0. The molecule has 10 nitrogen and oxygen atoms in total. The van der Waals surface area contributed by atoms with E-state index in [0.29, 0.717) is 49.9 Å². The fourth-order valence-corrected chi connectivity index (χ4v) is 6.80. The maximum atomic E-state index is 13.2. The molecule has 1 aliphatic carbocycles. The van der Waals surface area contributed by atoms with Crippen LogP contribution < -0.4 is 10.7 Å². The van der Waals surface area contributed by atoms with Crippen molar-refractivity contribution in [1.29, 1.82) is 0 Å². The number of hydrogen-bond donors (Lipinski definition) is 2. The van der Waals surface area contributed by atoms with Crippen LogP contribution in [0, 0.1) is 11.8 Å². The Kier molecular flexibility index (Phi) is 7.42. The summed E-state index contributed by atoms with van der Waals surface area (Å²) in [7, 11) is -3.40. The number of ether oxygens (including phenoxy) is 1. The molecule has 1 aromatic rings. The standard InChI is InChI=1S/C23H32N6O4S/c1-16-19(23(2,7-8-25-16)34(31,32)18-3-4-18)14-27-29-20(13-17-5-11-33-12-6-17)22(30)28-21-15-24-9-10-26-21/h7-10,14-15,17-20,29H,3-6,11-13H2,1-2H3,(H,26,28,30)/b27-14-/t19?,20-,23?/m0/s1. The Labute approximate surface area is 200 Å². The van der Waals surface area contributed by atoms with Crippen LogP contribution in [0.4, 0.5) is 5.82 Å². The highest BCUT2D eigenvalue weighted by molar-refractivity contribution is 7.93. The van der Waals surface area contributed by atoms with E-state index in [1.165, 1.54) is 18.6 Å². The first-order valence-electron chi connectivity index (χ1n) is 11.7. The summed E-state index contributed by atoms with van der Waals surface area (Å²) in [6, 6.07) is -0.621. The highest BCUT2D eigenvalue weighted by atomic mass is 32.2. The van der Waals surface area contributed by atoms with Crippen molar-refractivity contribution in [2.75, 3.05) is 18.5 Å². The minimum Gasteiger partial charge on any atom is -0.381 e. The molecule has 4 rings (SSSR count). The summed E-state index contributed by atoms with van der Waals surface area (Å²) in [5.74, 6) is -0.122. The molecular formula is C23H32N6O4S. The minimum atomic E-state index is -3.40. The SMILES string of the molecule is CC1=NC=CC(C)(S(=O)(=O)C2CC2)C1/C=N\N[C@@H](CC1CCOCC1)C(=O)Nc1cnccn1. The van der Waals surface area contributed by atoms with Crippen LogP contribution in [-0.4, -0.2) is 65.5 Å². The van der Waals surface area contributed by atoms with E-state index >= 15 is 0 Å². The average molecular weight is 489 g/mol. The molecule has 184 valence electrons. The van der Waals surface area contributed by atoms with E-state index < -0.39 is 26.5 Å². The van der Waals surface area contributed by atoms with Crippen LogP contribution in [0.15, 0.2) is 41.0 Å². The Morgan fingerprint density at radius 1 is 1.29 bits per heavy atom. The first-order valence-corrected chi connectivity index (χ1v) is 13.2. The molecule has 1 saturated heterocycles. The van der Waals surface area contributed by atoms with E-state index in [1.807, 2.05) is 0 Å². The zero-order valence-corrected chi connectivity index (χ0v) is 20.4. The molecule has 3 atom stereocenters. The Hall–Kier alpha value is -2.66. The van der Waals surface area contributed by atoms with Gasteiger partial charge in [-0.1, -0.05) is 0 Å². The van der Waals surface area contributed by atoms with Crippen molar-refractivity contribution < 1.29 is 17.9 Å². The van der Waals surface area contributed by atoms with Crippen LogP contribution in [-0.2, 0) is 19.4 Å². The number of hydrazone groups is 1. The number of anilines is 1. The van der Waals surface area contributed by atoms with E-state index in [0.717, 1.165) is 12.8 Å². The number of sulfone groups is 1. The lowest BCUT2D eigenvalue weighted by atomic mass is 9.88. The largest absolute Gasteiger partial charge is 0.381 e. The van der Waals surface area contributed by atoms with E-state index in [1.54, 1.807) is 32.3 Å². The summed E-state index contributed by atoms with van der Waals surface area (Å²) in [5.41, 5.74) is 3.65. The molecule has 0 bridgehead atoms. The van der Waals surface area contributed by atoms with E-state index in [4.69, 9.17) is 4.74 Å². The molecule has 2 unspecified atom stereocenters. The smallest absolute Gasteiger partial charge is 0.249 e. The number of rotatable bonds is 9. The van der Waals surface area contributed by atoms with Crippen molar-refractivity contribution in [3.8, 4) is 0 Å². The third-order valence-corrected chi connectivity index (χ3v) is 9.79. The first kappa shape index (κ1) is 24.5. The molecule has 1 saturated carbocycles. The molecule has 0 radical (unpaired) electrons. The summed E-state index contributed by atoms with van der Waals surface area (Å²) < 4.78 is 30.8. The van der Waals surface area contributed by atoms with Crippen molar-refractivity contribution in [2.45, 2.75) is 62.0 Å². The van der Waals surface area contributed by atoms with Gasteiger partial charge in [-0.3, -0.25) is 20.2 Å². The molecule has 0 spiro atoms. The third kappa shape index (κ3) is 5.35. The normalized spacial score (nSPS) is 26.8. The zero-order chi connectivity index (χ0) is 24.2. The van der Waals surface area contributed by atoms with Gasteiger partial charge in [0.1, 0.15) is 10.8 Å². The summed E-state index contributed by atoms with van der Waals surface area (Å²) in [5, 5.41) is 6.85. The number of carbonyl (C=O) groups is 1. The molecule has 0 aromatic carbocycles. The van der Waals surface area contributed by atoms with E-state index in [9.17, 15) is 13.2 Å². The summed E-state index contributed by atoms with van der Waals surface area (Å²) >= 11 is 0. The van der Waals surface area contributed by atoms with Gasteiger partial charge < -0.3 is 10.1 Å². The molecule has 2 fully saturated rings. The third-order valence-electron chi connectivity index (χ3n) is 6.82. The second kappa shape index (κ2) is 10.3. The topological polar surface area (TPSA) is 135 Å². The number of carbonyl (C=O) groups excluding carboxylic acids is 1. The quantitative estimate of drug-likeness (QED) is 0.401. The monoisotopic (exact) mass is 488 g/mol. The molecule has 3 heterocycles. The van der Waals surface area contributed by atoms with Crippen molar-refractivity contribution in [2.24, 2.45) is 21.9 Å². The minimum absolute atomic E-state index is 0.272. The van der Waals surface area contributed by atoms with Crippen LogP contribution in [0.3, 0.4) is 0 Å². The predicted molar refractivity (Wildman–Crippen MR) is 130 cm³/mol. The van der Waals surface area contributed by atoms with Gasteiger partial charge in [0.25, 0.3) is 0 Å². The molecule has 2 N–H and O–H groups in total. The van der Waals surface area contributed by atoms with Gasteiger partial charge in [0, 0.05) is 43.7 Å². The molecular weight excluding hydrogens is 456 g/mol. The molecule has 2 aliphatic heterocycles. The fraction of sp³-hybridized carbons (Fsp3) is 0.609. The Bertz CT molecular complexity index is 1060. The second-order valence-electron chi connectivity index (χ2n) is 9.32. The van der Waals surface area contributed by atoms with Crippen LogP contribution in [0.5, 0.6) is 0 Å². The lowest BCUT2D eigenvalue weighted by molar-refractivity contribution is -0.118. The van der Waals surface area contributed by atoms with E-state index in [2.05, 4.69) is 30.8 Å². The van der Waals surface area contributed by atoms with Gasteiger partial charge in [-0.25, -0.2) is 13.4 Å². The Morgan fingerprint density at radius 3 is 2.74 bits per heavy atom. The van der Waals surface area contributed by atoms with Crippen molar-refractivity contribution in [3.05, 3.63) is 30.9 Å². The van der Waals surface area contributed by atoms with Gasteiger partial charge in [0.15, 0.2) is 15.7 Å². The molecule has 11 heteroatoms. The number of hydrogen-bond acceptors (Lipinski definition) is 9. The van der Waals surface area contributed by atoms with Gasteiger partial charge in [0.05, 0.1) is 17.4 Å². The first-order chi connectivity index (χ1) is 16.3. The zero-order valence-electron chi connectivity index (χ0n) is 19.6. The molecule has 34 heavy (non-hydrogen) atoms. The lowest BCUT2D eigenvalue weighted by Crippen LogP contribution is -2.48. The van der Waals surface area contributed by atoms with E-state index in [-0.39, 0.29) is 11.2 Å². The van der Waals surface area contributed by atoms with Crippen molar-refractivity contribution >= 4 is 33.5 Å². The van der Waals surface area contributed by atoms with Crippen LogP contribution in [0.25, 0.3) is 0 Å². The number of nitrogens with zero attached hydrogens (tertiary/aromatic N) is 4. The van der Waals surface area contributed by atoms with Crippen molar-refractivity contribution in [3.63, 3.8) is 0 Å². The lowest BCUT2D eigenvalue weighted by Gasteiger charge is -2.34. The molecule has 1 aromatic heterocycles. The molecule has 3 aliphatic rings. The number of aromatic nitrogens is 2. The fourth-order valence-electron chi connectivity index (χ4n) is 4.49. The van der Waals surface area contributed by atoms with Gasteiger partial charge in [-0.15, -0.1) is 0 Å². The molecule has 1 amide bonds. The van der Waals surface area contributed by atoms with Crippen molar-refractivity contribution in [1.82, 2.24) is 15.4 Å². The van der Waals surface area contributed by atoms with Crippen LogP contribution in [0.1, 0.15) is 46.0 Å². The van der Waals surface area contributed by atoms with Gasteiger partial charge >= 0.3 is 0 Å².